The van der Waals surface area contributed by atoms with Crippen molar-refractivity contribution in [2.75, 3.05) is 0 Å². The molecule has 0 spiro atoms. The lowest BCUT2D eigenvalue weighted by Crippen LogP contribution is -2.65. The fraction of sp³-hybridized carbons (Fsp3) is 0.333. The van der Waals surface area contributed by atoms with Gasteiger partial charge >= 0.3 is 5.97 Å². The molecule has 1 aromatic carbocycles. The lowest BCUT2D eigenvalue weighted by Gasteiger charge is -2.59. The smallest absolute Gasteiger partial charge is 0.355 e. The van der Waals surface area contributed by atoms with Crippen LogP contribution in [-0.4, -0.2) is 36.4 Å². The highest BCUT2D eigenvalue weighted by molar-refractivity contribution is 9.10. The summed E-state index contributed by atoms with van der Waals surface area (Å²) in [7, 11) is 0. The van der Waals surface area contributed by atoms with Crippen LogP contribution in [0.1, 0.15) is 36.8 Å². The zero-order chi connectivity index (χ0) is 20.9. The van der Waals surface area contributed by atoms with Crippen LogP contribution in [0.5, 0.6) is 0 Å². The first-order valence-electron chi connectivity index (χ1n) is 8.35. The second-order valence-electron chi connectivity index (χ2n) is 7.16. The molecule has 2 heterocycles. The number of rotatable bonds is 6. The lowest BCUT2D eigenvalue weighted by atomic mass is 9.86. The van der Waals surface area contributed by atoms with E-state index in [9.17, 15) is 20.0 Å². The number of hydrogen-bond donors (Lipinski definition) is 1. The number of nitro groups is 1. The first kappa shape index (κ1) is 19.9. The van der Waals surface area contributed by atoms with Crippen LogP contribution in [0.15, 0.2) is 47.4 Å². The summed E-state index contributed by atoms with van der Waals surface area (Å²) in [6, 6.07) is 6.23. The summed E-state index contributed by atoms with van der Waals surface area (Å²) < 4.78 is 7.35. The van der Waals surface area contributed by atoms with Crippen LogP contribution < -0.4 is 0 Å². The second kappa shape index (κ2) is 6.62. The van der Waals surface area contributed by atoms with Crippen molar-refractivity contribution >= 4 is 27.6 Å². The number of ether oxygens (including phenoxy) is 1. The Labute approximate surface area is 169 Å². The molecule has 28 heavy (non-hydrogen) atoms. The number of benzene rings is 1. The highest BCUT2D eigenvalue weighted by Crippen LogP contribution is 2.47. The van der Waals surface area contributed by atoms with Crippen LogP contribution in [0.4, 0.5) is 5.69 Å². The van der Waals surface area contributed by atoms with Crippen molar-refractivity contribution in [1.29, 1.82) is 0 Å². The van der Waals surface area contributed by atoms with E-state index in [1.807, 2.05) is 25.7 Å². The number of aromatic nitrogens is 2. The molecule has 1 aromatic heterocycles. The Morgan fingerprint density at radius 2 is 2.18 bits per heavy atom. The molecule has 0 saturated carbocycles. The number of halogens is 1. The van der Waals surface area contributed by atoms with Crippen molar-refractivity contribution in [3.8, 4) is 0 Å². The van der Waals surface area contributed by atoms with E-state index in [1.165, 1.54) is 23.0 Å². The van der Waals surface area contributed by atoms with Crippen LogP contribution in [-0.2, 0) is 16.8 Å². The minimum atomic E-state index is -1.14. The van der Waals surface area contributed by atoms with E-state index in [0.717, 1.165) is 0 Å². The van der Waals surface area contributed by atoms with Gasteiger partial charge < -0.3 is 9.84 Å². The number of carboxylic acids is 1. The summed E-state index contributed by atoms with van der Waals surface area (Å²) in [6.07, 6.45) is 1.41. The molecular weight excluding hydrogens is 432 g/mol. The SMILES string of the molecule is C=C1OC(C)(C)N1C(C)(Cn1ncc(Br)c1C(=O)O)c1cccc([N+](=O)[O-])c1. The number of non-ortho nitro benzene ring substituents is 1. The van der Waals surface area contributed by atoms with E-state index >= 15 is 0 Å². The molecule has 3 rings (SSSR count). The monoisotopic (exact) mass is 450 g/mol. The van der Waals surface area contributed by atoms with Crippen LogP contribution in [0, 0.1) is 10.1 Å². The van der Waals surface area contributed by atoms with Gasteiger partial charge in [0.25, 0.3) is 5.69 Å². The van der Waals surface area contributed by atoms with E-state index in [-0.39, 0.29) is 17.9 Å². The maximum Gasteiger partial charge on any atom is 0.355 e. The molecule has 148 valence electrons. The van der Waals surface area contributed by atoms with Crippen molar-refractivity contribution in [3.05, 3.63) is 68.8 Å². The Bertz CT molecular complexity index is 986. The second-order valence-corrected chi connectivity index (χ2v) is 8.02. The molecule has 2 aromatic rings. The van der Waals surface area contributed by atoms with Gasteiger partial charge in [-0.05, 0) is 48.8 Å². The zero-order valence-electron chi connectivity index (χ0n) is 15.5. The summed E-state index contributed by atoms with van der Waals surface area (Å²) >= 11 is 3.21. The quantitative estimate of drug-likeness (QED) is 0.527. The Balaban J connectivity index is 2.16. The Kier molecular flexibility index (Phi) is 4.70. The molecule has 0 radical (unpaired) electrons. The van der Waals surface area contributed by atoms with Gasteiger partial charge in [0.15, 0.2) is 17.3 Å². The highest BCUT2D eigenvalue weighted by atomic mass is 79.9. The van der Waals surface area contributed by atoms with Crippen LogP contribution in [0.3, 0.4) is 0 Å². The van der Waals surface area contributed by atoms with Gasteiger partial charge in [0.1, 0.15) is 0 Å². The summed E-state index contributed by atoms with van der Waals surface area (Å²) in [5, 5.41) is 25.0. The molecule has 10 heteroatoms. The van der Waals surface area contributed by atoms with Gasteiger partial charge in [0.05, 0.1) is 27.7 Å². The molecule has 0 bridgehead atoms. The summed E-state index contributed by atoms with van der Waals surface area (Å²) in [5.74, 6) is -0.745. The van der Waals surface area contributed by atoms with Crippen LogP contribution in [0.2, 0.25) is 0 Å². The maximum atomic E-state index is 11.7. The first-order chi connectivity index (χ1) is 13.0. The molecule has 1 aliphatic heterocycles. The summed E-state index contributed by atoms with van der Waals surface area (Å²) in [6.45, 7) is 9.54. The number of nitro benzene ring substituents is 1. The number of nitrogens with zero attached hydrogens (tertiary/aromatic N) is 4. The third-order valence-corrected chi connectivity index (χ3v) is 5.36. The minimum Gasteiger partial charge on any atom is -0.476 e. The number of carboxylic acid groups (broad SMARTS) is 1. The average Bonchev–Trinajstić information content (AvgIpc) is 2.94. The van der Waals surface area contributed by atoms with Crippen molar-refractivity contribution in [3.63, 3.8) is 0 Å². The Morgan fingerprint density at radius 1 is 1.50 bits per heavy atom. The highest BCUT2D eigenvalue weighted by Gasteiger charge is 2.53. The largest absolute Gasteiger partial charge is 0.476 e. The van der Waals surface area contributed by atoms with Gasteiger partial charge in [-0.25, -0.2) is 4.79 Å². The average molecular weight is 451 g/mol. The molecule has 0 amide bonds. The standard InChI is InChI=1S/C18H19BrN4O5/c1-11-22(17(2,3)28-11)18(4,12-6-5-7-13(8-12)23(26)27)10-21-15(16(24)25)14(19)9-20-21/h5-9H,1,10H2,2-4H3,(H,24,25). The number of hydrogen-bond acceptors (Lipinski definition) is 6. The predicted molar refractivity (Wildman–Crippen MR) is 103 cm³/mol. The number of carbonyl (C=O) groups is 1. The molecule has 1 atom stereocenters. The van der Waals surface area contributed by atoms with Crippen molar-refractivity contribution in [2.45, 2.75) is 38.6 Å². The third kappa shape index (κ3) is 3.13. The van der Waals surface area contributed by atoms with E-state index in [4.69, 9.17) is 4.74 Å². The predicted octanol–water partition coefficient (Wildman–Crippen LogP) is 3.71. The molecule has 9 nitrogen and oxygen atoms in total. The molecule has 1 saturated heterocycles. The molecule has 1 N–H and O–H groups in total. The van der Waals surface area contributed by atoms with E-state index < -0.39 is 22.2 Å². The minimum absolute atomic E-state index is 0.0125. The zero-order valence-corrected chi connectivity index (χ0v) is 17.1. The number of aromatic carboxylic acids is 1. The Morgan fingerprint density at radius 3 is 2.71 bits per heavy atom. The van der Waals surface area contributed by atoms with Crippen molar-refractivity contribution < 1.29 is 19.6 Å². The third-order valence-electron chi connectivity index (χ3n) is 4.78. The van der Waals surface area contributed by atoms with E-state index in [0.29, 0.717) is 15.9 Å². The van der Waals surface area contributed by atoms with E-state index in [1.54, 1.807) is 12.1 Å². The first-order valence-corrected chi connectivity index (χ1v) is 9.14. The van der Waals surface area contributed by atoms with Crippen molar-refractivity contribution in [1.82, 2.24) is 14.7 Å². The molecule has 1 aliphatic rings. The lowest BCUT2D eigenvalue weighted by molar-refractivity contribution is -0.385. The molecule has 1 fully saturated rings. The fourth-order valence-corrected chi connectivity index (χ4v) is 4.21. The van der Waals surface area contributed by atoms with Gasteiger partial charge in [-0.1, -0.05) is 12.1 Å². The van der Waals surface area contributed by atoms with Crippen molar-refractivity contribution in [2.24, 2.45) is 0 Å². The van der Waals surface area contributed by atoms with Gasteiger partial charge in [-0.3, -0.25) is 19.7 Å². The van der Waals surface area contributed by atoms with Crippen LogP contribution >= 0.6 is 15.9 Å². The molecule has 0 aliphatic carbocycles. The van der Waals surface area contributed by atoms with Gasteiger partial charge in [-0.2, -0.15) is 5.10 Å². The molecular formula is C18H19BrN4O5. The normalized spacial score (nSPS) is 17.4. The van der Waals surface area contributed by atoms with Gasteiger partial charge in [0, 0.05) is 12.1 Å². The van der Waals surface area contributed by atoms with Gasteiger partial charge in [0.2, 0.25) is 0 Å². The Hall–Kier alpha value is -2.88. The van der Waals surface area contributed by atoms with Gasteiger partial charge in [-0.15, -0.1) is 0 Å². The van der Waals surface area contributed by atoms with Crippen LogP contribution in [0.25, 0.3) is 0 Å². The summed E-state index contributed by atoms with van der Waals surface area (Å²) in [4.78, 5) is 24.4. The van der Waals surface area contributed by atoms with E-state index in [2.05, 4.69) is 27.6 Å². The molecule has 1 unspecified atom stereocenters. The maximum absolute atomic E-state index is 11.7. The summed E-state index contributed by atoms with van der Waals surface area (Å²) in [5.41, 5.74) is -1.11. The topological polar surface area (TPSA) is 111 Å². The fourth-order valence-electron chi connectivity index (χ4n) is 3.74.